The molecule has 0 bridgehead atoms. The monoisotopic (exact) mass is 318 g/mol. The Morgan fingerprint density at radius 3 is 2.75 bits per heavy atom. The molecular formula is C12H15ClN2O4S. The molecule has 20 heavy (non-hydrogen) atoms. The van der Waals surface area contributed by atoms with Crippen molar-refractivity contribution in [1.29, 1.82) is 0 Å². The number of amides is 2. The number of carbonyl (C=O) groups is 2. The zero-order valence-electron chi connectivity index (χ0n) is 11.1. The third-order valence-corrected chi connectivity index (χ3v) is 4.28. The predicted octanol–water partition coefficient (Wildman–Crippen LogP) is 2.20. The summed E-state index contributed by atoms with van der Waals surface area (Å²) in [6.45, 7) is 0.348. The number of carbonyl (C=O) groups excluding carboxylic acids is 2. The Kier molecular flexibility index (Phi) is 4.85. The molecule has 8 heteroatoms. The number of urea groups is 1. The summed E-state index contributed by atoms with van der Waals surface area (Å²) in [5, 5.41) is 3.35. The van der Waals surface area contributed by atoms with E-state index in [2.05, 4.69) is 5.32 Å². The number of hydrogen-bond donors (Lipinski definition) is 1. The van der Waals surface area contributed by atoms with E-state index in [1.54, 1.807) is 19.2 Å². The van der Waals surface area contributed by atoms with E-state index in [1.165, 1.54) is 23.3 Å². The van der Waals surface area contributed by atoms with Gasteiger partial charge in [0.1, 0.15) is 6.04 Å². The van der Waals surface area contributed by atoms with E-state index in [-0.39, 0.29) is 12.1 Å². The highest BCUT2D eigenvalue weighted by Gasteiger charge is 2.40. The van der Waals surface area contributed by atoms with Gasteiger partial charge in [-0.3, -0.25) is 5.32 Å². The minimum Gasteiger partial charge on any atom is -0.467 e. The molecule has 0 unspecified atom stereocenters. The van der Waals surface area contributed by atoms with Crippen molar-refractivity contribution in [3.05, 3.63) is 16.5 Å². The maximum Gasteiger partial charge on any atom is 0.328 e. The van der Waals surface area contributed by atoms with Crippen LogP contribution in [0.3, 0.4) is 0 Å². The Bertz CT molecular complexity index is 507. The van der Waals surface area contributed by atoms with Crippen LogP contribution in [0, 0.1) is 0 Å². The molecule has 0 saturated carbocycles. The smallest absolute Gasteiger partial charge is 0.328 e. The fourth-order valence-corrected chi connectivity index (χ4v) is 3.04. The second kappa shape index (κ2) is 6.43. The Balaban J connectivity index is 2.07. The molecule has 1 fully saturated rings. The Labute approximate surface area is 125 Å². The topological polar surface area (TPSA) is 67.9 Å². The summed E-state index contributed by atoms with van der Waals surface area (Å²) < 4.78 is 10.5. The van der Waals surface area contributed by atoms with Crippen LogP contribution in [0.2, 0.25) is 4.34 Å². The van der Waals surface area contributed by atoms with Crippen molar-refractivity contribution in [3.8, 4) is 0 Å². The quantitative estimate of drug-likeness (QED) is 0.868. The van der Waals surface area contributed by atoms with Gasteiger partial charge >= 0.3 is 12.0 Å². The molecular weight excluding hydrogens is 304 g/mol. The van der Waals surface area contributed by atoms with Crippen molar-refractivity contribution in [1.82, 2.24) is 4.90 Å². The maximum atomic E-state index is 12.2. The van der Waals surface area contributed by atoms with Crippen LogP contribution >= 0.6 is 22.9 Å². The standard InChI is InChI=1S/C12H15ClN2O4S/c1-18-7-5-8(11(16)19-2)15(6-7)12(17)14-10-4-3-9(13)20-10/h3-4,7-8H,5-6H2,1-2H3,(H,14,17)/t7-,8-/m1/s1. The third kappa shape index (κ3) is 3.23. The molecule has 2 amide bonds. The lowest BCUT2D eigenvalue weighted by molar-refractivity contribution is -0.144. The molecule has 2 atom stereocenters. The van der Waals surface area contributed by atoms with E-state index in [1.807, 2.05) is 0 Å². The molecule has 1 aromatic rings. The Morgan fingerprint density at radius 1 is 1.45 bits per heavy atom. The minimum atomic E-state index is -0.625. The van der Waals surface area contributed by atoms with Crippen LogP contribution in [0.1, 0.15) is 6.42 Å². The lowest BCUT2D eigenvalue weighted by Gasteiger charge is -2.22. The third-order valence-electron chi connectivity index (χ3n) is 3.13. The molecule has 2 rings (SSSR count). The van der Waals surface area contributed by atoms with Crippen LogP contribution < -0.4 is 5.32 Å². The summed E-state index contributed by atoms with van der Waals surface area (Å²) in [6, 6.07) is 2.42. The summed E-state index contributed by atoms with van der Waals surface area (Å²) >= 11 is 7.07. The van der Waals surface area contributed by atoms with E-state index in [0.29, 0.717) is 22.3 Å². The first kappa shape index (κ1) is 15.1. The first-order valence-corrected chi connectivity index (χ1v) is 7.18. The number of hydrogen-bond acceptors (Lipinski definition) is 5. The van der Waals surface area contributed by atoms with Crippen molar-refractivity contribution < 1.29 is 19.1 Å². The van der Waals surface area contributed by atoms with Gasteiger partial charge in [0.05, 0.1) is 22.6 Å². The first-order valence-electron chi connectivity index (χ1n) is 5.98. The number of nitrogens with one attached hydrogen (secondary N) is 1. The predicted molar refractivity (Wildman–Crippen MR) is 76.3 cm³/mol. The second-order valence-electron chi connectivity index (χ2n) is 4.32. The molecule has 0 aromatic carbocycles. The van der Waals surface area contributed by atoms with Crippen molar-refractivity contribution in [2.75, 3.05) is 26.1 Å². The Morgan fingerprint density at radius 2 is 2.20 bits per heavy atom. The van der Waals surface area contributed by atoms with Crippen LogP contribution in [0.15, 0.2) is 12.1 Å². The molecule has 1 saturated heterocycles. The summed E-state index contributed by atoms with van der Waals surface area (Å²) in [5.74, 6) is -0.441. The van der Waals surface area contributed by atoms with Crippen molar-refractivity contribution in [2.24, 2.45) is 0 Å². The highest BCUT2D eigenvalue weighted by Crippen LogP contribution is 2.28. The number of nitrogens with zero attached hydrogens (tertiary/aromatic N) is 1. The van der Waals surface area contributed by atoms with E-state index >= 15 is 0 Å². The number of anilines is 1. The largest absolute Gasteiger partial charge is 0.467 e. The molecule has 1 N–H and O–H groups in total. The summed E-state index contributed by atoms with van der Waals surface area (Å²) in [5.41, 5.74) is 0. The van der Waals surface area contributed by atoms with Gasteiger partial charge in [0.25, 0.3) is 0 Å². The highest BCUT2D eigenvalue weighted by atomic mass is 35.5. The molecule has 0 radical (unpaired) electrons. The average molecular weight is 319 g/mol. The van der Waals surface area contributed by atoms with Crippen molar-refractivity contribution in [2.45, 2.75) is 18.6 Å². The van der Waals surface area contributed by atoms with Crippen LogP contribution in [0.5, 0.6) is 0 Å². The average Bonchev–Trinajstić information content (AvgIpc) is 3.04. The summed E-state index contributed by atoms with van der Waals surface area (Å²) in [7, 11) is 2.86. The van der Waals surface area contributed by atoms with Crippen LogP contribution in [0.25, 0.3) is 0 Å². The normalized spacial score (nSPS) is 21.9. The van der Waals surface area contributed by atoms with Gasteiger partial charge in [-0.1, -0.05) is 11.6 Å². The van der Waals surface area contributed by atoms with E-state index < -0.39 is 12.0 Å². The van der Waals surface area contributed by atoms with Crippen molar-refractivity contribution in [3.63, 3.8) is 0 Å². The lowest BCUT2D eigenvalue weighted by atomic mass is 10.2. The van der Waals surface area contributed by atoms with Gasteiger partial charge in [-0.15, -0.1) is 11.3 Å². The number of esters is 1. The first-order chi connectivity index (χ1) is 9.55. The highest BCUT2D eigenvalue weighted by molar-refractivity contribution is 7.20. The summed E-state index contributed by atoms with van der Waals surface area (Å²) in [6.07, 6.45) is 0.263. The molecule has 110 valence electrons. The molecule has 1 aliphatic rings. The summed E-state index contributed by atoms with van der Waals surface area (Å²) in [4.78, 5) is 25.4. The molecule has 2 heterocycles. The Hall–Kier alpha value is -1.31. The number of halogens is 1. The maximum absolute atomic E-state index is 12.2. The second-order valence-corrected chi connectivity index (χ2v) is 6.03. The molecule has 1 aromatic heterocycles. The lowest BCUT2D eigenvalue weighted by Crippen LogP contribution is -2.43. The van der Waals surface area contributed by atoms with Crippen LogP contribution in [-0.2, 0) is 14.3 Å². The van der Waals surface area contributed by atoms with Crippen LogP contribution in [0.4, 0.5) is 9.80 Å². The van der Waals surface area contributed by atoms with Crippen LogP contribution in [-0.4, -0.2) is 49.8 Å². The fourth-order valence-electron chi connectivity index (χ4n) is 2.11. The van der Waals surface area contributed by atoms with Gasteiger partial charge in [0, 0.05) is 20.1 Å². The zero-order chi connectivity index (χ0) is 14.7. The number of methoxy groups -OCH3 is 2. The van der Waals surface area contributed by atoms with E-state index in [0.717, 1.165) is 0 Å². The van der Waals surface area contributed by atoms with Gasteiger partial charge in [0.2, 0.25) is 0 Å². The fraction of sp³-hybridized carbons (Fsp3) is 0.500. The number of thiophene rings is 1. The number of ether oxygens (including phenoxy) is 2. The van der Waals surface area contributed by atoms with Gasteiger partial charge in [-0.25, -0.2) is 9.59 Å². The SMILES string of the molecule is COC(=O)[C@H]1C[C@@H](OC)CN1C(=O)Nc1ccc(Cl)s1. The zero-order valence-corrected chi connectivity index (χ0v) is 12.7. The van der Waals surface area contributed by atoms with Gasteiger partial charge < -0.3 is 14.4 Å². The number of rotatable bonds is 3. The molecule has 0 aliphatic carbocycles. The van der Waals surface area contributed by atoms with E-state index in [9.17, 15) is 9.59 Å². The van der Waals surface area contributed by atoms with Gasteiger partial charge in [-0.2, -0.15) is 0 Å². The minimum absolute atomic E-state index is 0.170. The number of likely N-dealkylation sites (tertiary alicyclic amines) is 1. The molecule has 0 spiro atoms. The van der Waals surface area contributed by atoms with E-state index in [4.69, 9.17) is 21.1 Å². The van der Waals surface area contributed by atoms with Crippen molar-refractivity contribution >= 4 is 39.9 Å². The molecule has 1 aliphatic heterocycles. The molecule has 6 nitrogen and oxygen atoms in total. The van der Waals surface area contributed by atoms with Gasteiger partial charge in [0.15, 0.2) is 0 Å². The van der Waals surface area contributed by atoms with Gasteiger partial charge in [-0.05, 0) is 12.1 Å².